The molecule has 0 bridgehead atoms. The van der Waals surface area contributed by atoms with Crippen LogP contribution >= 0.6 is 23.1 Å². The first-order valence-corrected chi connectivity index (χ1v) is 7.51. The summed E-state index contributed by atoms with van der Waals surface area (Å²) < 4.78 is 0. The van der Waals surface area contributed by atoms with Crippen LogP contribution in [0.4, 0.5) is 0 Å². The number of hydrogen-bond donors (Lipinski definition) is 2. The summed E-state index contributed by atoms with van der Waals surface area (Å²) in [7, 11) is 0. The lowest BCUT2D eigenvalue weighted by Gasteiger charge is -2.19. The Morgan fingerprint density at radius 3 is 2.59 bits per heavy atom. The predicted molar refractivity (Wildman–Crippen MR) is 76.4 cm³/mol. The number of nitrogens with one attached hydrogen (secondary N) is 1. The van der Waals surface area contributed by atoms with Crippen LogP contribution in [0, 0.1) is 6.92 Å². The van der Waals surface area contributed by atoms with E-state index in [4.69, 9.17) is 5.84 Å². The van der Waals surface area contributed by atoms with Gasteiger partial charge in [0.05, 0.1) is 6.04 Å². The molecule has 1 aromatic carbocycles. The van der Waals surface area contributed by atoms with Gasteiger partial charge in [0.1, 0.15) is 0 Å². The number of benzene rings is 1. The van der Waals surface area contributed by atoms with E-state index >= 15 is 0 Å². The minimum absolute atomic E-state index is 0.0740. The molecule has 0 fully saturated rings. The second-order valence-corrected chi connectivity index (χ2v) is 5.74. The molecule has 0 saturated carbocycles. The molecule has 1 atom stereocenters. The van der Waals surface area contributed by atoms with E-state index in [2.05, 4.69) is 54.3 Å². The van der Waals surface area contributed by atoms with Crippen molar-refractivity contribution in [3.8, 4) is 0 Å². The lowest BCUT2D eigenvalue weighted by atomic mass is 10.0. The molecule has 4 heteroatoms. The van der Waals surface area contributed by atoms with Crippen LogP contribution in [-0.2, 0) is 0 Å². The zero-order valence-electron chi connectivity index (χ0n) is 9.94. The maximum Gasteiger partial charge on any atom is 0.0731 e. The van der Waals surface area contributed by atoms with E-state index in [0.717, 1.165) is 0 Å². The Hall–Kier alpha value is -0.810. The Balaban J connectivity index is 2.46. The highest BCUT2D eigenvalue weighted by Gasteiger charge is 2.17. The average molecular weight is 264 g/mol. The summed E-state index contributed by atoms with van der Waals surface area (Å²) >= 11 is 3.50. The molecule has 0 aliphatic carbocycles. The minimum Gasteiger partial charge on any atom is -0.271 e. The summed E-state index contributed by atoms with van der Waals surface area (Å²) in [4.78, 5) is 2.57. The van der Waals surface area contributed by atoms with E-state index in [1.165, 1.54) is 20.9 Å². The molecule has 1 aromatic heterocycles. The Morgan fingerprint density at radius 2 is 2.00 bits per heavy atom. The van der Waals surface area contributed by atoms with Gasteiger partial charge in [-0.1, -0.05) is 18.2 Å². The molecule has 2 aromatic rings. The van der Waals surface area contributed by atoms with Gasteiger partial charge < -0.3 is 0 Å². The fraction of sp³-hybridized carbons (Fsp3) is 0.231. The molecule has 90 valence electrons. The molecule has 2 rings (SSSR count). The second kappa shape index (κ2) is 5.69. The van der Waals surface area contributed by atoms with Gasteiger partial charge in [0.25, 0.3) is 0 Å². The van der Waals surface area contributed by atoms with Crippen molar-refractivity contribution in [2.45, 2.75) is 17.9 Å². The highest BCUT2D eigenvalue weighted by Crippen LogP contribution is 2.32. The highest BCUT2D eigenvalue weighted by molar-refractivity contribution is 7.98. The Morgan fingerprint density at radius 1 is 1.24 bits per heavy atom. The van der Waals surface area contributed by atoms with Gasteiger partial charge in [0.15, 0.2) is 0 Å². The van der Waals surface area contributed by atoms with Gasteiger partial charge in [-0.25, -0.2) is 5.43 Å². The van der Waals surface area contributed by atoms with Crippen molar-refractivity contribution in [2.24, 2.45) is 5.84 Å². The topological polar surface area (TPSA) is 38.0 Å². The van der Waals surface area contributed by atoms with Crippen molar-refractivity contribution in [3.05, 3.63) is 51.7 Å². The summed E-state index contributed by atoms with van der Waals surface area (Å²) in [5.41, 5.74) is 5.43. The summed E-state index contributed by atoms with van der Waals surface area (Å²) in [6, 6.07) is 10.6. The van der Waals surface area contributed by atoms with E-state index in [1.54, 1.807) is 23.1 Å². The third kappa shape index (κ3) is 2.55. The lowest BCUT2D eigenvalue weighted by molar-refractivity contribution is 0.627. The van der Waals surface area contributed by atoms with Gasteiger partial charge in [0, 0.05) is 9.77 Å². The molecule has 0 aliphatic heterocycles. The van der Waals surface area contributed by atoms with Crippen LogP contribution in [-0.4, -0.2) is 6.26 Å². The first-order chi connectivity index (χ1) is 8.27. The van der Waals surface area contributed by atoms with E-state index in [1.807, 2.05) is 0 Å². The van der Waals surface area contributed by atoms with Crippen LogP contribution < -0.4 is 11.3 Å². The Kier molecular flexibility index (Phi) is 4.23. The predicted octanol–water partition coefficient (Wildman–Crippen LogP) is 3.33. The van der Waals surface area contributed by atoms with Crippen molar-refractivity contribution in [2.75, 3.05) is 6.26 Å². The van der Waals surface area contributed by atoms with Gasteiger partial charge in [-0.3, -0.25) is 5.84 Å². The quantitative estimate of drug-likeness (QED) is 0.505. The van der Waals surface area contributed by atoms with Gasteiger partial charge >= 0.3 is 0 Å². The van der Waals surface area contributed by atoms with E-state index in [0.29, 0.717) is 0 Å². The molecule has 0 saturated heterocycles. The molecule has 2 nitrogen and oxygen atoms in total. The molecule has 17 heavy (non-hydrogen) atoms. The van der Waals surface area contributed by atoms with Gasteiger partial charge in [-0.2, -0.15) is 0 Å². The molecule has 0 aliphatic rings. The Labute approximate surface area is 110 Å². The summed E-state index contributed by atoms with van der Waals surface area (Å²) in [5.74, 6) is 5.73. The van der Waals surface area contributed by atoms with Crippen LogP contribution in [0.15, 0.2) is 40.6 Å². The van der Waals surface area contributed by atoms with Crippen LogP contribution in [0.2, 0.25) is 0 Å². The fourth-order valence-corrected chi connectivity index (χ4v) is 3.32. The molecular weight excluding hydrogens is 248 g/mol. The number of hydrogen-bond acceptors (Lipinski definition) is 4. The van der Waals surface area contributed by atoms with Gasteiger partial charge in [0.2, 0.25) is 0 Å². The highest BCUT2D eigenvalue weighted by atomic mass is 32.2. The number of hydrazine groups is 1. The van der Waals surface area contributed by atoms with Gasteiger partial charge in [-0.15, -0.1) is 23.1 Å². The Bertz CT molecular complexity index is 494. The van der Waals surface area contributed by atoms with Crippen molar-refractivity contribution >= 4 is 23.1 Å². The third-order valence-electron chi connectivity index (χ3n) is 2.83. The van der Waals surface area contributed by atoms with Crippen LogP contribution in [0.25, 0.3) is 0 Å². The molecule has 3 N–H and O–H groups in total. The summed E-state index contributed by atoms with van der Waals surface area (Å²) in [6.45, 7) is 2.13. The normalized spacial score (nSPS) is 12.6. The first-order valence-electron chi connectivity index (χ1n) is 5.41. The zero-order valence-corrected chi connectivity index (χ0v) is 11.6. The molecule has 0 spiro atoms. The van der Waals surface area contributed by atoms with Crippen molar-refractivity contribution in [1.82, 2.24) is 5.43 Å². The van der Waals surface area contributed by atoms with Crippen LogP contribution in [0.1, 0.15) is 22.0 Å². The fourth-order valence-electron chi connectivity index (χ4n) is 1.95. The summed E-state index contributed by atoms with van der Waals surface area (Å²) in [5, 5.41) is 2.11. The lowest BCUT2D eigenvalue weighted by Crippen LogP contribution is -2.29. The number of rotatable bonds is 4. The average Bonchev–Trinajstić information content (AvgIpc) is 2.78. The van der Waals surface area contributed by atoms with E-state index in [9.17, 15) is 0 Å². The van der Waals surface area contributed by atoms with Crippen molar-refractivity contribution < 1.29 is 0 Å². The van der Waals surface area contributed by atoms with Gasteiger partial charge in [-0.05, 0) is 41.8 Å². The number of thioether (sulfide) groups is 1. The zero-order chi connectivity index (χ0) is 12.3. The number of nitrogens with two attached hydrogens (primary N) is 1. The standard InChI is InChI=1S/C13H16N2S2/c1-9-10(7-8-17-9)13(15-14)11-5-3-4-6-12(11)16-2/h3-8,13,15H,14H2,1-2H3. The molecule has 0 amide bonds. The SMILES string of the molecule is CSc1ccccc1C(NN)c1ccsc1C. The molecular formula is C13H16N2S2. The molecule has 1 heterocycles. The molecule has 1 unspecified atom stereocenters. The van der Waals surface area contributed by atoms with Crippen LogP contribution in [0.3, 0.4) is 0 Å². The van der Waals surface area contributed by atoms with Crippen molar-refractivity contribution in [3.63, 3.8) is 0 Å². The maximum absolute atomic E-state index is 5.73. The van der Waals surface area contributed by atoms with Crippen LogP contribution in [0.5, 0.6) is 0 Å². The number of aryl methyl sites for hydroxylation is 1. The smallest absolute Gasteiger partial charge is 0.0731 e. The molecule has 0 radical (unpaired) electrons. The number of thiophene rings is 1. The van der Waals surface area contributed by atoms with E-state index in [-0.39, 0.29) is 6.04 Å². The monoisotopic (exact) mass is 264 g/mol. The van der Waals surface area contributed by atoms with E-state index < -0.39 is 0 Å². The summed E-state index contributed by atoms with van der Waals surface area (Å²) in [6.07, 6.45) is 2.09. The maximum atomic E-state index is 5.73. The largest absolute Gasteiger partial charge is 0.271 e. The first kappa shape index (κ1) is 12.6. The second-order valence-electron chi connectivity index (χ2n) is 3.77. The third-order valence-corrected chi connectivity index (χ3v) is 4.50. The van der Waals surface area contributed by atoms with Crippen molar-refractivity contribution in [1.29, 1.82) is 0 Å². The minimum atomic E-state index is 0.0740.